The zero-order valence-electron chi connectivity index (χ0n) is 16.4. The van der Waals surface area contributed by atoms with Crippen LogP contribution in [0, 0.1) is 11.8 Å². The predicted molar refractivity (Wildman–Crippen MR) is 103 cm³/mol. The number of methoxy groups -OCH3 is 2. The first kappa shape index (κ1) is 18.3. The molecule has 6 nitrogen and oxygen atoms in total. The van der Waals surface area contributed by atoms with E-state index in [4.69, 9.17) is 9.47 Å². The van der Waals surface area contributed by atoms with E-state index in [0.717, 1.165) is 55.4 Å². The van der Waals surface area contributed by atoms with E-state index < -0.39 is 5.60 Å². The topological polar surface area (TPSA) is 59.8 Å². The van der Waals surface area contributed by atoms with Gasteiger partial charge in [-0.3, -0.25) is 4.90 Å². The summed E-state index contributed by atoms with van der Waals surface area (Å²) in [5.74, 6) is 2.89. The molecule has 1 saturated carbocycles. The molecule has 6 heteroatoms. The number of rotatable bonds is 5. The van der Waals surface area contributed by atoms with E-state index in [-0.39, 0.29) is 11.8 Å². The Balaban J connectivity index is 1.61. The van der Waals surface area contributed by atoms with Crippen LogP contribution in [-0.2, 0) is 19.2 Å². The number of hydrogen-bond acceptors (Lipinski definition) is 5. The van der Waals surface area contributed by atoms with Crippen LogP contribution in [0.15, 0.2) is 30.6 Å². The summed E-state index contributed by atoms with van der Waals surface area (Å²) in [7, 11) is 5.37. The standard InChI is InChI=1S/C21H29N3O3/c1-23-11-10-22-20(23)21(25)15-6-4-7-16(21)13-24(12-15)14-17-18(26-2)8-5-9-19(17)27-3/h5,8-11,15-16,25H,4,6-7,12-14H2,1-3H3/t15-,16-/m1/s1. The lowest BCUT2D eigenvalue weighted by Crippen LogP contribution is -2.58. The molecule has 4 rings (SSSR count). The lowest BCUT2D eigenvalue weighted by molar-refractivity contribution is -0.155. The van der Waals surface area contributed by atoms with Crippen LogP contribution in [0.2, 0.25) is 0 Å². The largest absolute Gasteiger partial charge is 0.496 e. The highest BCUT2D eigenvalue weighted by molar-refractivity contribution is 5.44. The quantitative estimate of drug-likeness (QED) is 0.875. The number of aromatic nitrogens is 2. The van der Waals surface area contributed by atoms with Crippen LogP contribution in [0.4, 0.5) is 0 Å². The molecule has 2 fully saturated rings. The molecule has 1 saturated heterocycles. The minimum Gasteiger partial charge on any atom is -0.496 e. The van der Waals surface area contributed by atoms with Crippen molar-refractivity contribution in [1.82, 2.24) is 14.5 Å². The third-order valence-corrected chi connectivity index (χ3v) is 6.40. The number of piperidine rings is 1. The van der Waals surface area contributed by atoms with Crippen molar-refractivity contribution in [2.24, 2.45) is 18.9 Å². The van der Waals surface area contributed by atoms with Crippen LogP contribution in [0.5, 0.6) is 11.5 Å². The van der Waals surface area contributed by atoms with E-state index in [1.54, 1.807) is 20.4 Å². The van der Waals surface area contributed by atoms with Gasteiger partial charge >= 0.3 is 0 Å². The van der Waals surface area contributed by atoms with Gasteiger partial charge in [0.2, 0.25) is 0 Å². The van der Waals surface area contributed by atoms with Crippen molar-refractivity contribution in [3.63, 3.8) is 0 Å². The first-order chi connectivity index (χ1) is 13.1. The van der Waals surface area contributed by atoms with Crippen molar-refractivity contribution in [3.05, 3.63) is 42.0 Å². The minimum absolute atomic E-state index is 0.187. The fraction of sp³-hybridized carbons (Fsp3) is 0.571. The lowest BCUT2D eigenvalue weighted by Gasteiger charge is -2.52. The Hall–Kier alpha value is -2.05. The Kier molecular flexibility index (Phi) is 4.86. The maximum Gasteiger partial charge on any atom is 0.141 e. The van der Waals surface area contributed by atoms with Crippen molar-refractivity contribution in [2.75, 3.05) is 27.3 Å². The minimum atomic E-state index is -0.835. The van der Waals surface area contributed by atoms with Gasteiger partial charge in [0.05, 0.1) is 19.8 Å². The van der Waals surface area contributed by atoms with Gasteiger partial charge in [-0.25, -0.2) is 4.98 Å². The van der Waals surface area contributed by atoms with Gasteiger partial charge in [-0.05, 0) is 25.0 Å². The second-order valence-electron chi connectivity index (χ2n) is 7.85. The summed E-state index contributed by atoms with van der Waals surface area (Å²) in [6.45, 7) is 2.46. The van der Waals surface area contributed by atoms with Gasteiger partial charge in [0.1, 0.15) is 22.9 Å². The molecule has 0 radical (unpaired) electrons. The molecular weight excluding hydrogens is 342 g/mol. The Morgan fingerprint density at radius 3 is 2.30 bits per heavy atom. The average molecular weight is 371 g/mol. The number of imidazole rings is 1. The Morgan fingerprint density at radius 1 is 1.15 bits per heavy atom. The van der Waals surface area contributed by atoms with Crippen molar-refractivity contribution in [1.29, 1.82) is 0 Å². The molecule has 0 spiro atoms. The molecule has 2 aliphatic rings. The zero-order valence-corrected chi connectivity index (χ0v) is 16.4. The van der Waals surface area contributed by atoms with Crippen LogP contribution in [0.3, 0.4) is 0 Å². The first-order valence-electron chi connectivity index (χ1n) is 9.70. The number of hydrogen-bond donors (Lipinski definition) is 1. The Morgan fingerprint density at radius 2 is 1.78 bits per heavy atom. The third-order valence-electron chi connectivity index (χ3n) is 6.40. The first-order valence-corrected chi connectivity index (χ1v) is 9.70. The van der Waals surface area contributed by atoms with Gasteiger partial charge in [0.15, 0.2) is 0 Å². The molecule has 0 unspecified atom stereocenters. The van der Waals surface area contributed by atoms with Gasteiger partial charge in [-0.15, -0.1) is 0 Å². The molecule has 1 aliphatic carbocycles. The number of aliphatic hydroxyl groups is 1. The summed E-state index contributed by atoms with van der Waals surface area (Å²) < 4.78 is 13.1. The highest BCUT2D eigenvalue weighted by Crippen LogP contribution is 2.49. The van der Waals surface area contributed by atoms with Gasteiger partial charge < -0.3 is 19.1 Å². The van der Waals surface area contributed by atoms with Gasteiger partial charge in [-0.2, -0.15) is 0 Å². The van der Waals surface area contributed by atoms with Crippen molar-refractivity contribution >= 4 is 0 Å². The molecular formula is C21H29N3O3. The second kappa shape index (κ2) is 7.17. The number of likely N-dealkylation sites (tertiary alicyclic amines) is 1. The van der Waals surface area contributed by atoms with E-state index >= 15 is 0 Å². The van der Waals surface area contributed by atoms with E-state index in [1.165, 1.54) is 6.42 Å². The highest BCUT2D eigenvalue weighted by Gasteiger charge is 2.53. The molecule has 0 amide bonds. The molecule has 1 aliphatic heterocycles. The molecule has 2 heterocycles. The van der Waals surface area contributed by atoms with Crippen LogP contribution in [-0.4, -0.2) is 46.9 Å². The van der Waals surface area contributed by atoms with Crippen LogP contribution < -0.4 is 9.47 Å². The van der Waals surface area contributed by atoms with E-state index in [2.05, 4.69) is 9.88 Å². The summed E-state index contributed by atoms with van der Waals surface area (Å²) in [6, 6.07) is 5.91. The Bertz CT molecular complexity index is 767. The molecule has 1 aromatic carbocycles. The van der Waals surface area contributed by atoms with Gasteiger partial charge in [0, 0.05) is 50.9 Å². The highest BCUT2D eigenvalue weighted by atomic mass is 16.5. The lowest BCUT2D eigenvalue weighted by atomic mass is 9.65. The summed E-state index contributed by atoms with van der Waals surface area (Å²) in [6.07, 6.45) is 6.94. The fourth-order valence-electron chi connectivity index (χ4n) is 5.10. The van der Waals surface area contributed by atoms with Crippen molar-refractivity contribution in [2.45, 2.75) is 31.4 Å². The molecule has 2 bridgehead atoms. The number of fused-ring (bicyclic) bond motifs is 2. The molecule has 2 atom stereocenters. The second-order valence-corrected chi connectivity index (χ2v) is 7.85. The normalized spacial score (nSPS) is 28.1. The van der Waals surface area contributed by atoms with Crippen LogP contribution >= 0.6 is 0 Å². The molecule has 146 valence electrons. The van der Waals surface area contributed by atoms with E-state index in [1.807, 2.05) is 36.0 Å². The summed E-state index contributed by atoms with van der Waals surface area (Å²) >= 11 is 0. The van der Waals surface area contributed by atoms with Crippen LogP contribution in [0.25, 0.3) is 0 Å². The number of ether oxygens (including phenoxy) is 2. The van der Waals surface area contributed by atoms with E-state index in [9.17, 15) is 5.11 Å². The summed E-state index contributed by atoms with van der Waals surface area (Å²) in [4.78, 5) is 6.95. The third kappa shape index (κ3) is 3.01. The molecule has 2 aromatic rings. The van der Waals surface area contributed by atoms with Crippen molar-refractivity contribution < 1.29 is 14.6 Å². The SMILES string of the molecule is COc1cccc(OC)c1CN1C[C@H]2CCC[C@H](C1)C2(O)c1nccn1C. The maximum atomic E-state index is 11.7. The predicted octanol–water partition coefficient (Wildman–Crippen LogP) is 2.56. The van der Waals surface area contributed by atoms with Gasteiger partial charge in [0.25, 0.3) is 0 Å². The number of nitrogens with zero attached hydrogens (tertiary/aromatic N) is 3. The maximum absolute atomic E-state index is 11.7. The fourth-order valence-corrected chi connectivity index (χ4v) is 5.10. The number of benzene rings is 1. The zero-order chi connectivity index (χ0) is 19.0. The average Bonchev–Trinajstić information content (AvgIpc) is 3.09. The van der Waals surface area contributed by atoms with Gasteiger partial charge in [-0.1, -0.05) is 12.5 Å². The monoisotopic (exact) mass is 371 g/mol. The Labute approximate surface area is 160 Å². The molecule has 1 aromatic heterocycles. The summed E-state index contributed by atoms with van der Waals surface area (Å²) in [5.41, 5.74) is 0.237. The molecule has 27 heavy (non-hydrogen) atoms. The van der Waals surface area contributed by atoms with Crippen molar-refractivity contribution in [3.8, 4) is 11.5 Å². The summed E-state index contributed by atoms with van der Waals surface area (Å²) in [5, 5.41) is 11.7. The van der Waals surface area contributed by atoms with Crippen LogP contribution in [0.1, 0.15) is 30.7 Å². The van der Waals surface area contributed by atoms with E-state index in [0.29, 0.717) is 0 Å². The number of aryl methyl sites for hydroxylation is 1. The smallest absolute Gasteiger partial charge is 0.141 e. The molecule has 1 N–H and O–H groups in total.